The van der Waals surface area contributed by atoms with Crippen molar-refractivity contribution < 1.29 is 9.53 Å². The van der Waals surface area contributed by atoms with Crippen LogP contribution in [-0.2, 0) is 9.53 Å². The molecular formula is C20H38O2. The van der Waals surface area contributed by atoms with Gasteiger partial charge >= 0.3 is 5.97 Å². The third kappa shape index (κ3) is 13.2. The molecule has 1 saturated carbocycles. The highest BCUT2D eigenvalue weighted by atomic mass is 16.5. The van der Waals surface area contributed by atoms with Crippen LogP contribution < -0.4 is 0 Å². The topological polar surface area (TPSA) is 26.3 Å². The summed E-state index contributed by atoms with van der Waals surface area (Å²) in [5.74, 6) is 1.11. The average molecular weight is 311 g/mol. The predicted molar refractivity (Wildman–Crippen MR) is 94.0 cm³/mol. The normalized spacial score (nSPS) is 14.2. The number of rotatable bonds is 16. The molecule has 0 unspecified atom stereocenters. The highest BCUT2D eigenvalue weighted by Crippen LogP contribution is 2.34. The number of hydrogen-bond acceptors (Lipinski definition) is 2. The Labute approximate surface area is 138 Å². The monoisotopic (exact) mass is 310 g/mol. The minimum absolute atomic E-state index is 0.000326. The van der Waals surface area contributed by atoms with Crippen LogP contribution in [-0.4, -0.2) is 12.6 Å². The van der Waals surface area contributed by atoms with E-state index >= 15 is 0 Å². The van der Waals surface area contributed by atoms with Crippen molar-refractivity contribution in [2.24, 2.45) is 5.92 Å². The Morgan fingerprint density at radius 2 is 1.36 bits per heavy atom. The summed E-state index contributed by atoms with van der Waals surface area (Å²) in [5, 5.41) is 0. The van der Waals surface area contributed by atoms with Crippen LogP contribution in [0.25, 0.3) is 0 Å². The molecule has 1 aliphatic carbocycles. The Balaban J connectivity index is 1.67. The first-order chi connectivity index (χ1) is 10.8. The molecule has 0 aromatic rings. The lowest BCUT2D eigenvalue weighted by Crippen LogP contribution is -2.05. The van der Waals surface area contributed by atoms with E-state index in [4.69, 9.17) is 4.74 Å². The molecule has 1 aliphatic rings. The molecule has 1 rings (SSSR count). The fraction of sp³-hybridized carbons (Fsp3) is 0.950. The summed E-state index contributed by atoms with van der Waals surface area (Å²) >= 11 is 0. The van der Waals surface area contributed by atoms with Crippen molar-refractivity contribution in [1.29, 1.82) is 0 Å². The van der Waals surface area contributed by atoms with E-state index in [0.29, 0.717) is 13.0 Å². The van der Waals surface area contributed by atoms with Crippen molar-refractivity contribution in [1.82, 2.24) is 0 Å². The third-order valence-corrected chi connectivity index (χ3v) is 4.70. The van der Waals surface area contributed by atoms with Gasteiger partial charge in [0, 0.05) is 6.42 Å². The highest BCUT2D eigenvalue weighted by molar-refractivity contribution is 5.69. The summed E-state index contributed by atoms with van der Waals surface area (Å²) in [5.41, 5.74) is 0. The molecule has 0 amide bonds. The van der Waals surface area contributed by atoms with Gasteiger partial charge in [0.05, 0.1) is 6.61 Å². The lowest BCUT2D eigenvalue weighted by molar-refractivity contribution is -0.143. The molecule has 0 radical (unpaired) electrons. The van der Waals surface area contributed by atoms with Crippen LogP contribution in [0.2, 0.25) is 0 Å². The largest absolute Gasteiger partial charge is 0.466 e. The van der Waals surface area contributed by atoms with Crippen molar-refractivity contribution in [2.75, 3.05) is 6.61 Å². The maximum Gasteiger partial charge on any atom is 0.305 e. The van der Waals surface area contributed by atoms with Gasteiger partial charge in [-0.05, 0) is 18.8 Å². The molecule has 0 spiro atoms. The predicted octanol–water partition coefficient (Wildman–Crippen LogP) is 6.42. The zero-order valence-corrected chi connectivity index (χ0v) is 14.9. The van der Waals surface area contributed by atoms with Gasteiger partial charge in [0.2, 0.25) is 0 Å². The molecule has 0 aromatic carbocycles. The SMILES string of the molecule is CCCCOC(=O)CCCCCCCCCCCCC1CC1. The molecule has 0 aliphatic heterocycles. The number of carbonyl (C=O) groups is 1. The van der Waals surface area contributed by atoms with Crippen LogP contribution >= 0.6 is 0 Å². The zero-order chi connectivity index (χ0) is 15.9. The summed E-state index contributed by atoms with van der Waals surface area (Å²) in [6, 6.07) is 0. The number of ether oxygens (including phenoxy) is 1. The van der Waals surface area contributed by atoms with Crippen LogP contribution in [0.5, 0.6) is 0 Å². The fourth-order valence-electron chi connectivity index (χ4n) is 2.93. The maximum atomic E-state index is 11.4. The van der Waals surface area contributed by atoms with E-state index in [-0.39, 0.29) is 5.97 Å². The van der Waals surface area contributed by atoms with Gasteiger partial charge in [0.25, 0.3) is 0 Å². The van der Waals surface area contributed by atoms with Crippen LogP contribution in [0.4, 0.5) is 0 Å². The Morgan fingerprint density at radius 3 is 1.91 bits per heavy atom. The molecule has 0 saturated heterocycles. The molecule has 0 atom stereocenters. The van der Waals surface area contributed by atoms with Gasteiger partial charge < -0.3 is 4.74 Å². The van der Waals surface area contributed by atoms with E-state index in [1.54, 1.807) is 0 Å². The number of hydrogen-bond donors (Lipinski definition) is 0. The average Bonchev–Trinajstić information content (AvgIpc) is 3.33. The van der Waals surface area contributed by atoms with Gasteiger partial charge in [-0.25, -0.2) is 0 Å². The van der Waals surface area contributed by atoms with Gasteiger partial charge in [-0.15, -0.1) is 0 Å². The lowest BCUT2D eigenvalue weighted by Gasteiger charge is -2.04. The Kier molecular flexibility index (Phi) is 12.5. The minimum Gasteiger partial charge on any atom is -0.466 e. The quantitative estimate of drug-likeness (QED) is 0.243. The maximum absolute atomic E-state index is 11.4. The summed E-state index contributed by atoms with van der Waals surface area (Å²) in [6.07, 6.45) is 20.6. The van der Waals surface area contributed by atoms with Crippen molar-refractivity contribution in [3.05, 3.63) is 0 Å². The molecule has 2 heteroatoms. The molecule has 22 heavy (non-hydrogen) atoms. The standard InChI is InChI=1S/C20H38O2/c1-2-3-18-22-20(21)15-13-11-9-7-5-4-6-8-10-12-14-19-16-17-19/h19H,2-18H2,1H3. The number of esters is 1. The van der Waals surface area contributed by atoms with Gasteiger partial charge in [-0.3, -0.25) is 4.79 Å². The van der Waals surface area contributed by atoms with Crippen LogP contribution in [0, 0.1) is 5.92 Å². The number of carbonyl (C=O) groups excluding carboxylic acids is 1. The zero-order valence-electron chi connectivity index (χ0n) is 14.9. The molecule has 2 nitrogen and oxygen atoms in total. The summed E-state index contributed by atoms with van der Waals surface area (Å²) in [6.45, 7) is 2.72. The molecule has 130 valence electrons. The van der Waals surface area contributed by atoms with Gasteiger partial charge in [-0.2, -0.15) is 0 Å². The van der Waals surface area contributed by atoms with E-state index in [9.17, 15) is 4.79 Å². The number of unbranched alkanes of at least 4 members (excludes halogenated alkanes) is 10. The summed E-state index contributed by atoms with van der Waals surface area (Å²) < 4.78 is 5.15. The molecule has 0 aromatic heterocycles. The van der Waals surface area contributed by atoms with E-state index in [1.165, 1.54) is 77.0 Å². The first-order valence-electron chi connectivity index (χ1n) is 9.98. The van der Waals surface area contributed by atoms with Crippen molar-refractivity contribution in [3.63, 3.8) is 0 Å². The first kappa shape index (κ1) is 19.5. The smallest absolute Gasteiger partial charge is 0.305 e. The minimum atomic E-state index is -0.000326. The Bertz CT molecular complexity index is 258. The van der Waals surface area contributed by atoms with E-state index in [0.717, 1.165) is 25.2 Å². The summed E-state index contributed by atoms with van der Waals surface area (Å²) in [7, 11) is 0. The van der Waals surface area contributed by atoms with Crippen LogP contribution in [0.3, 0.4) is 0 Å². The molecular weight excluding hydrogens is 272 g/mol. The van der Waals surface area contributed by atoms with Crippen molar-refractivity contribution in [2.45, 2.75) is 110 Å². The summed E-state index contributed by atoms with van der Waals surface area (Å²) in [4.78, 5) is 11.4. The van der Waals surface area contributed by atoms with Gasteiger partial charge in [0.1, 0.15) is 0 Å². The third-order valence-electron chi connectivity index (χ3n) is 4.70. The lowest BCUT2D eigenvalue weighted by atomic mass is 10.0. The first-order valence-corrected chi connectivity index (χ1v) is 9.98. The molecule has 0 N–H and O–H groups in total. The van der Waals surface area contributed by atoms with Crippen molar-refractivity contribution in [3.8, 4) is 0 Å². The highest BCUT2D eigenvalue weighted by Gasteiger charge is 2.19. The van der Waals surface area contributed by atoms with Crippen LogP contribution in [0.1, 0.15) is 110 Å². The molecule has 0 heterocycles. The van der Waals surface area contributed by atoms with E-state index < -0.39 is 0 Å². The Morgan fingerprint density at radius 1 is 0.818 bits per heavy atom. The van der Waals surface area contributed by atoms with Gasteiger partial charge in [-0.1, -0.05) is 90.4 Å². The van der Waals surface area contributed by atoms with Crippen molar-refractivity contribution >= 4 is 5.97 Å². The van der Waals surface area contributed by atoms with E-state index in [2.05, 4.69) is 6.92 Å². The van der Waals surface area contributed by atoms with E-state index in [1.807, 2.05) is 0 Å². The second kappa shape index (κ2) is 14.1. The Hall–Kier alpha value is -0.530. The van der Waals surface area contributed by atoms with Gasteiger partial charge in [0.15, 0.2) is 0 Å². The second-order valence-electron chi connectivity index (χ2n) is 7.09. The molecule has 0 bridgehead atoms. The molecule has 1 fully saturated rings. The van der Waals surface area contributed by atoms with Crippen LogP contribution in [0.15, 0.2) is 0 Å². The second-order valence-corrected chi connectivity index (χ2v) is 7.09. The fourth-order valence-corrected chi connectivity index (χ4v) is 2.93.